The smallest absolute Gasteiger partial charge is 0.243 e. The number of benzene rings is 1. The number of sulfonamides is 1. The highest BCUT2D eigenvalue weighted by Gasteiger charge is 2.26. The monoisotopic (exact) mass is 338 g/mol. The van der Waals surface area contributed by atoms with Gasteiger partial charge in [0.25, 0.3) is 0 Å². The molecule has 0 radical (unpaired) electrons. The second-order valence-electron chi connectivity index (χ2n) is 6.34. The molecule has 2 aliphatic rings. The fourth-order valence-electron chi connectivity index (χ4n) is 3.50. The number of rotatable bonds is 5. The van der Waals surface area contributed by atoms with Gasteiger partial charge in [-0.05, 0) is 43.5 Å². The topological polar surface area (TPSA) is 49.9 Å². The zero-order chi connectivity index (χ0) is 16.3. The molecule has 0 N–H and O–H groups in total. The summed E-state index contributed by atoms with van der Waals surface area (Å²) < 4.78 is 31.9. The van der Waals surface area contributed by atoms with Crippen molar-refractivity contribution in [1.29, 1.82) is 0 Å². The van der Waals surface area contributed by atoms with Gasteiger partial charge in [-0.15, -0.1) is 0 Å². The van der Waals surface area contributed by atoms with Gasteiger partial charge in [-0.25, -0.2) is 8.42 Å². The first-order chi connectivity index (χ1) is 11.1. The second kappa shape index (κ2) is 7.30. The molecular weight excluding hydrogens is 312 g/mol. The molecule has 128 valence electrons. The van der Waals surface area contributed by atoms with Crippen LogP contribution in [0.3, 0.4) is 0 Å². The van der Waals surface area contributed by atoms with Crippen molar-refractivity contribution in [3.8, 4) is 0 Å². The van der Waals surface area contributed by atoms with Gasteiger partial charge in [-0.2, -0.15) is 4.31 Å². The van der Waals surface area contributed by atoms with E-state index in [1.807, 2.05) is 12.1 Å². The van der Waals surface area contributed by atoms with E-state index in [-0.39, 0.29) is 0 Å². The molecule has 1 unspecified atom stereocenters. The maximum atomic E-state index is 12.6. The summed E-state index contributed by atoms with van der Waals surface area (Å²) in [5, 5.41) is 0. The van der Waals surface area contributed by atoms with Crippen molar-refractivity contribution >= 4 is 10.0 Å². The number of nitrogens with zero attached hydrogens (tertiary/aromatic N) is 2. The van der Waals surface area contributed by atoms with E-state index in [2.05, 4.69) is 11.8 Å². The predicted molar refractivity (Wildman–Crippen MR) is 89.7 cm³/mol. The van der Waals surface area contributed by atoms with Crippen LogP contribution in [0.4, 0.5) is 0 Å². The van der Waals surface area contributed by atoms with E-state index < -0.39 is 10.0 Å². The molecule has 1 aromatic carbocycles. The van der Waals surface area contributed by atoms with Crippen molar-refractivity contribution in [1.82, 2.24) is 9.21 Å². The summed E-state index contributed by atoms with van der Waals surface area (Å²) in [6.07, 6.45) is 3.73. The summed E-state index contributed by atoms with van der Waals surface area (Å²) in [6, 6.07) is 8.08. The minimum atomic E-state index is -3.38. The summed E-state index contributed by atoms with van der Waals surface area (Å²) in [6.45, 7) is 6.13. The van der Waals surface area contributed by atoms with E-state index in [0.717, 1.165) is 13.1 Å². The third kappa shape index (κ3) is 3.76. The van der Waals surface area contributed by atoms with Crippen molar-refractivity contribution in [3.05, 3.63) is 29.8 Å². The molecule has 3 rings (SSSR count). The SMILES string of the molecule is CCC1CCCN1Cc1ccc(S(=O)(=O)N2CCOCC2)cc1. The molecule has 0 aliphatic carbocycles. The summed E-state index contributed by atoms with van der Waals surface area (Å²) in [5.74, 6) is 0. The van der Waals surface area contributed by atoms with Gasteiger partial charge in [0.05, 0.1) is 18.1 Å². The van der Waals surface area contributed by atoms with Crippen molar-refractivity contribution in [3.63, 3.8) is 0 Å². The lowest BCUT2D eigenvalue weighted by molar-refractivity contribution is 0.0730. The highest BCUT2D eigenvalue weighted by molar-refractivity contribution is 7.89. The van der Waals surface area contributed by atoms with Crippen LogP contribution in [0.25, 0.3) is 0 Å². The van der Waals surface area contributed by atoms with Crippen LogP contribution in [0, 0.1) is 0 Å². The van der Waals surface area contributed by atoms with Crippen molar-refractivity contribution in [2.45, 2.75) is 43.7 Å². The highest BCUT2D eigenvalue weighted by atomic mass is 32.2. The molecule has 1 aromatic rings. The van der Waals surface area contributed by atoms with Crippen molar-refractivity contribution < 1.29 is 13.2 Å². The molecule has 0 spiro atoms. The highest BCUT2D eigenvalue weighted by Crippen LogP contribution is 2.23. The number of morpholine rings is 1. The molecular formula is C17H26N2O3S. The minimum Gasteiger partial charge on any atom is -0.379 e. The van der Waals surface area contributed by atoms with Crippen LogP contribution >= 0.6 is 0 Å². The third-order valence-electron chi connectivity index (χ3n) is 4.89. The molecule has 1 atom stereocenters. The minimum absolute atomic E-state index is 0.386. The number of hydrogen-bond acceptors (Lipinski definition) is 4. The average Bonchev–Trinajstić information content (AvgIpc) is 3.03. The Bertz CT molecular complexity index is 609. The molecule has 0 aromatic heterocycles. The lowest BCUT2D eigenvalue weighted by Crippen LogP contribution is -2.40. The molecule has 0 amide bonds. The molecule has 6 heteroatoms. The predicted octanol–water partition coefficient (Wildman–Crippen LogP) is 2.08. The van der Waals surface area contributed by atoms with Gasteiger partial charge in [0, 0.05) is 25.7 Å². The Hall–Kier alpha value is -0.950. The van der Waals surface area contributed by atoms with Gasteiger partial charge >= 0.3 is 0 Å². The van der Waals surface area contributed by atoms with E-state index in [1.165, 1.54) is 29.1 Å². The van der Waals surface area contributed by atoms with Gasteiger partial charge in [-0.3, -0.25) is 4.90 Å². The van der Waals surface area contributed by atoms with Crippen LogP contribution in [-0.2, 0) is 21.3 Å². The van der Waals surface area contributed by atoms with E-state index in [1.54, 1.807) is 12.1 Å². The van der Waals surface area contributed by atoms with E-state index in [9.17, 15) is 8.42 Å². The second-order valence-corrected chi connectivity index (χ2v) is 8.27. The summed E-state index contributed by atoms with van der Waals surface area (Å²) in [4.78, 5) is 2.89. The van der Waals surface area contributed by atoms with Gasteiger partial charge in [0.1, 0.15) is 0 Å². The first-order valence-electron chi connectivity index (χ1n) is 8.52. The molecule has 23 heavy (non-hydrogen) atoms. The Morgan fingerprint density at radius 2 is 1.83 bits per heavy atom. The maximum Gasteiger partial charge on any atom is 0.243 e. The van der Waals surface area contributed by atoms with Crippen LogP contribution in [-0.4, -0.2) is 56.5 Å². The Balaban J connectivity index is 1.69. The molecule has 2 aliphatic heterocycles. The summed E-state index contributed by atoms with van der Waals surface area (Å²) in [5.41, 5.74) is 1.19. The maximum absolute atomic E-state index is 12.6. The summed E-state index contributed by atoms with van der Waals surface area (Å²) in [7, 11) is -3.38. The Labute approximate surface area is 139 Å². The number of likely N-dealkylation sites (tertiary alicyclic amines) is 1. The van der Waals surface area contributed by atoms with Gasteiger partial charge in [-0.1, -0.05) is 19.1 Å². The summed E-state index contributed by atoms with van der Waals surface area (Å²) >= 11 is 0. The number of ether oxygens (including phenoxy) is 1. The standard InChI is InChI=1S/C17H26N2O3S/c1-2-16-4-3-9-18(16)14-15-5-7-17(8-6-15)23(20,21)19-10-12-22-13-11-19/h5-8,16H,2-4,9-14H2,1H3. The molecule has 0 bridgehead atoms. The Morgan fingerprint density at radius 3 is 2.48 bits per heavy atom. The van der Waals surface area contributed by atoms with Crippen LogP contribution < -0.4 is 0 Å². The molecule has 2 fully saturated rings. The first-order valence-corrected chi connectivity index (χ1v) is 9.96. The van der Waals surface area contributed by atoms with Gasteiger partial charge in [0.15, 0.2) is 0 Å². The van der Waals surface area contributed by atoms with Crippen LogP contribution in [0.5, 0.6) is 0 Å². The van der Waals surface area contributed by atoms with Crippen molar-refractivity contribution in [2.75, 3.05) is 32.8 Å². The molecule has 5 nitrogen and oxygen atoms in total. The normalized spacial score (nSPS) is 24.1. The van der Waals surface area contributed by atoms with Crippen LogP contribution in [0.15, 0.2) is 29.2 Å². The third-order valence-corrected chi connectivity index (χ3v) is 6.80. The van der Waals surface area contributed by atoms with Crippen molar-refractivity contribution in [2.24, 2.45) is 0 Å². The zero-order valence-corrected chi connectivity index (χ0v) is 14.6. The van der Waals surface area contributed by atoms with E-state index in [0.29, 0.717) is 37.2 Å². The number of hydrogen-bond donors (Lipinski definition) is 0. The van der Waals surface area contributed by atoms with Crippen LogP contribution in [0.2, 0.25) is 0 Å². The van der Waals surface area contributed by atoms with E-state index in [4.69, 9.17) is 4.74 Å². The molecule has 0 saturated carbocycles. The van der Waals surface area contributed by atoms with Gasteiger partial charge in [0.2, 0.25) is 10.0 Å². The van der Waals surface area contributed by atoms with E-state index >= 15 is 0 Å². The zero-order valence-electron chi connectivity index (χ0n) is 13.8. The molecule has 2 saturated heterocycles. The Kier molecular flexibility index (Phi) is 5.36. The lowest BCUT2D eigenvalue weighted by atomic mass is 10.1. The fraction of sp³-hybridized carbons (Fsp3) is 0.647. The van der Waals surface area contributed by atoms with Gasteiger partial charge < -0.3 is 4.74 Å². The Morgan fingerprint density at radius 1 is 1.13 bits per heavy atom. The fourth-order valence-corrected chi connectivity index (χ4v) is 4.91. The lowest BCUT2D eigenvalue weighted by Gasteiger charge is -2.26. The largest absolute Gasteiger partial charge is 0.379 e. The first kappa shape index (κ1) is 16.9. The average molecular weight is 338 g/mol. The molecule has 2 heterocycles. The quantitative estimate of drug-likeness (QED) is 0.825. The van der Waals surface area contributed by atoms with Crippen LogP contribution in [0.1, 0.15) is 31.7 Å².